The van der Waals surface area contributed by atoms with E-state index in [9.17, 15) is 9.18 Å². The van der Waals surface area contributed by atoms with Crippen LogP contribution in [0, 0.1) is 5.82 Å². The second-order valence-corrected chi connectivity index (χ2v) is 3.03. The molecule has 0 saturated heterocycles. The molecule has 1 rings (SSSR count). The fraction of sp³-hybridized carbons (Fsp3) is 0.125. The molecule has 0 saturated carbocycles. The molecule has 0 unspecified atom stereocenters. The molecule has 0 atom stereocenters. The van der Waals surface area contributed by atoms with Crippen molar-refractivity contribution in [3.05, 3.63) is 33.6 Å². The van der Waals surface area contributed by atoms with Crippen LogP contribution in [-0.2, 0) is 4.74 Å². The summed E-state index contributed by atoms with van der Waals surface area (Å²) in [6, 6.07) is 2.22. The number of benzene rings is 1. The van der Waals surface area contributed by atoms with Crippen molar-refractivity contribution < 1.29 is 13.9 Å². The Morgan fingerprint density at radius 3 is 2.54 bits per heavy atom. The number of carbonyl (C=O) groups excluding carboxylic acids is 1. The maximum Gasteiger partial charge on any atom is 0.338 e. The van der Waals surface area contributed by atoms with Crippen LogP contribution < -0.4 is 0 Å². The third-order valence-corrected chi connectivity index (χ3v) is 2.18. The summed E-state index contributed by atoms with van der Waals surface area (Å²) in [5.41, 5.74) is 0.0365. The molecule has 13 heavy (non-hydrogen) atoms. The zero-order valence-electron chi connectivity index (χ0n) is 6.61. The molecule has 70 valence electrons. The predicted molar refractivity (Wildman–Crippen MR) is 47.8 cm³/mol. The van der Waals surface area contributed by atoms with E-state index in [1.165, 1.54) is 13.2 Å². The van der Waals surface area contributed by atoms with Gasteiger partial charge in [-0.25, -0.2) is 9.18 Å². The number of carbonyl (C=O) groups is 1. The van der Waals surface area contributed by atoms with E-state index in [1.807, 2.05) is 0 Å². The van der Waals surface area contributed by atoms with Crippen LogP contribution >= 0.6 is 23.2 Å². The Morgan fingerprint density at radius 1 is 1.46 bits per heavy atom. The highest BCUT2D eigenvalue weighted by atomic mass is 35.5. The summed E-state index contributed by atoms with van der Waals surface area (Å²) >= 11 is 11.0. The average Bonchev–Trinajstić information content (AvgIpc) is 2.12. The molecule has 0 fully saturated rings. The highest BCUT2D eigenvalue weighted by Gasteiger charge is 2.12. The van der Waals surface area contributed by atoms with Gasteiger partial charge in [-0.1, -0.05) is 23.2 Å². The van der Waals surface area contributed by atoms with Crippen molar-refractivity contribution in [2.75, 3.05) is 7.11 Å². The normalized spacial score (nSPS) is 9.85. The van der Waals surface area contributed by atoms with E-state index in [-0.39, 0.29) is 15.6 Å². The minimum Gasteiger partial charge on any atom is -0.465 e. The molecular weight excluding hydrogens is 218 g/mol. The molecule has 0 spiro atoms. The summed E-state index contributed by atoms with van der Waals surface area (Å²) in [6.45, 7) is 0. The van der Waals surface area contributed by atoms with Crippen molar-refractivity contribution in [3.63, 3.8) is 0 Å². The van der Waals surface area contributed by atoms with Gasteiger partial charge in [-0.3, -0.25) is 0 Å². The molecule has 0 aliphatic rings. The third kappa shape index (κ3) is 2.11. The molecule has 0 heterocycles. The third-order valence-electron chi connectivity index (χ3n) is 1.40. The fourth-order valence-electron chi connectivity index (χ4n) is 0.791. The van der Waals surface area contributed by atoms with Crippen LogP contribution in [0.5, 0.6) is 0 Å². The van der Waals surface area contributed by atoms with E-state index in [0.29, 0.717) is 0 Å². The fourth-order valence-corrected chi connectivity index (χ4v) is 1.11. The summed E-state index contributed by atoms with van der Waals surface area (Å²) in [7, 11) is 1.20. The first-order chi connectivity index (χ1) is 6.06. The number of hydrogen-bond donors (Lipinski definition) is 0. The van der Waals surface area contributed by atoms with E-state index in [4.69, 9.17) is 23.2 Å². The van der Waals surface area contributed by atoms with Crippen molar-refractivity contribution in [3.8, 4) is 0 Å². The molecule has 0 aromatic heterocycles. The van der Waals surface area contributed by atoms with Crippen LogP contribution in [0.4, 0.5) is 4.39 Å². The van der Waals surface area contributed by atoms with Gasteiger partial charge in [-0.05, 0) is 12.1 Å². The van der Waals surface area contributed by atoms with E-state index in [1.54, 1.807) is 0 Å². The van der Waals surface area contributed by atoms with Crippen LogP contribution in [0.1, 0.15) is 10.4 Å². The highest BCUT2D eigenvalue weighted by Crippen LogP contribution is 2.26. The van der Waals surface area contributed by atoms with E-state index in [0.717, 1.165) is 6.07 Å². The largest absolute Gasteiger partial charge is 0.465 e. The van der Waals surface area contributed by atoms with Gasteiger partial charge in [0, 0.05) is 0 Å². The van der Waals surface area contributed by atoms with Crippen molar-refractivity contribution in [2.45, 2.75) is 0 Å². The van der Waals surface area contributed by atoms with Crippen molar-refractivity contribution in [1.82, 2.24) is 0 Å². The Bertz CT molecular complexity index is 329. The lowest BCUT2D eigenvalue weighted by molar-refractivity contribution is 0.0600. The maximum absolute atomic E-state index is 12.9. The molecule has 0 radical (unpaired) electrons. The molecule has 0 aliphatic heterocycles. The molecule has 5 heteroatoms. The van der Waals surface area contributed by atoms with Crippen molar-refractivity contribution in [2.24, 2.45) is 0 Å². The first kappa shape index (κ1) is 10.3. The van der Waals surface area contributed by atoms with Crippen molar-refractivity contribution in [1.29, 1.82) is 0 Å². The zero-order chi connectivity index (χ0) is 10.0. The number of ether oxygens (including phenoxy) is 1. The average molecular weight is 223 g/mol. The van der Waals surface area contributed by atoms with Crippen LogP contribution in [0.25, 0.3) is 0 Å². The van der Waals surface area contributed by atoms with Gasteiger partial charge in [-0.15, -0.1) is 0 Å². The van der Waals surface area contributed by atoms with Gasteiger partial charge in [0.15, 0.2) is 0 Å². The summed E-state index contributed by atoms with van der Waals surface area (Å²) in [4.78, 5) is 10.9. The van der Waals surface area contributed by atoms with Crippen LogP contribution in [0.15, 0.2) is 12.1 Å². The second-order valence-electron chi connectivity index (χ2n) is 2.25. The van der Waals surface area contributed by atoms with Gasteiger partial charge in [0.1, 0.15) is 5.82 Å². The first-order valence-corrected chi connectivity index (χ1v) is 4.04. The zero-order valence-corrected chi connectivity index (χ0v) is 8.12. The van der Waals surface area contributed by atoms with Crippen LogP contribution in [-0.4, -0.2) is 13.1 Å². The summed E-state index contributed by atoms with van der Waals surface area (Å²) in [6.07, 6.45) is 0. The van der Waals surface area contributed by atoms with Gasteiger partial charge in [0.2, 0.25) is 0 Å². The molecule has 2 nitrogen and oxygen atoms in total. The number of halogens is 3. The second kappa shape index (κ2) is 3.94. The maximum atomic E-state index is 12.9. The lowest BCUT2D eigenvalue weighted by atomic mass is 10.2. The topological polar surface area (TPSA) is 26.3 Å². The Balaban J connectivity index is 3.20. The molecule has 1 aromatic carbocycles. The van der Waals surface area contributed by atoms with Gasteiger partial charge >= 0.3 is 5.97 Å². The summed E-state index contributed by atoms with van der Waals surface area (Å²) in [5.74, 6) is -1.40. The van der Waals surface area contributed by atoms with E-state index in [2.05, 4.69) is 4.74 Å². The van der Waals surface area contributed by atoms with Crippen LogP contribution in [0.3, 0.4) is 0 Å². The minimum absolute atomic E-state index is 0.0120. The highest BCUT2D eigenvalue weighted by molar-refractivity contribution is 6.42. The number of rotatable bonds is 1. The Labute approximate surface area is 84.2 Å². The first-order valence-electron chi connectivity index (χ1n) is 3.29. The molecule has 0 bridgehead atoms. The lowest BCUT2D eigenvalue weighted by Crippen LogP contribution is -2.01. The van der Waals surface area contributed by atoms with Gasteiger partial charge in [0.05, 0.1) is 22.7 Å². The number of hydrogen-bond acceptors (Lipinski definition) is 2. The molecule has 0 N–H and O–H groups in total. The Kier molecular flexibility index (Phi) is 3.12. The van der Waals surface area contributed by atoms with E-state index < -0.39 is 11.8 Å². The van der Waals surface area contributed by atoms with E-state index >= 15 is 0 Å². The predicted octanol–water partition coefficient (Wildman–Crippen LogP) is 2.92. The van der Waals surface area contributed by atoms with Crippen molar-refractivity contribution >= 4 is 29.2 Å². The quantitative estimate of drug-likeness (QED) is 0.540. The van der Waals surface area contributed by atoms with Crippen LogP contribution in [0.2, 0.25) is 10.0 Å². The summed E-state index contributed by atoms with van der Waals surface area (Å²) in [5, 5.41) is -0.212. The standard InChI is InChI=1S/C8H5Cl2FO2/c1-13-8(12)4-2-5(9)7(10)6(11)3-4/h2-3H,1H3. The molecular formula is C8H5Cl2FO2. The lowest BCUT2D eigenvalue weighted by Gasteiger charge is -2.02. The Morgan fingerprint density at radius 2 is 2.08 bits per heavy atom. The summed E-state index contributed by atoms with van der Waals surface area (Å²) < 4.78 is 17.3. The minimum atomic E-state index is -0.741. The SMILES string of the molecule is COC(=O)c1cc(F)c(Cl)c(Cl)c1. The molecule has 0 amide bonds. The smallest absolute Gasteiger partial charge is 0.338 e. The Hall–Kier alpha value is -0.800. The van der Waals surface area contributed by atoms with Gasteiger partial charge in [-0.2, -0.15) is 0 Å². The molecule has 0 aliphatic carbocycles. The van der Waals surface area contributed by atoms with Gasteiger partial charge in [0.25, 0.3) is 0 Å². The van der Waals surface area contributed by atoms with Gasteiger partial charge < -0.3 is 4.74 Å². The monoisotopic (exact) mass is 222 g/mol. The molecule has 1 aromatic rings. The number of esters is 1. The number of methoxy groups -OCH3 is 1.